The zero-order valence-corrected chi connectivity index (χ0v) is 13.4. The van der Waals surface area contributed by atoms with Crippen LogP contribution >= 0.6 is 0 Å². The fraction of sp³-hybridized carbons (Fsp3) is 0.438. The minimum atomic E-state index is -0.0997. The molecule has 0 aliphatic rings. The van der Waals surface area contributed by atoms with Crippen LogP contribution in [0, 0.1) is 6.92 Å². The van der Waals surface area contributed by atoms with Crippen LogP contribution in [0.5, 0.6) is 0 Å². The van der Waals surface area contributed by atoms with Crippen molar-refractivity contribution in [3.05, 3.63) is 35.5 Å². The Morgan fingerprint density at radius 1 is 1.19 bits per heavy atom. The second kappa shape index (κ2) is 6.08. The largest absolute Gasteiger partial charge is 0.348 e. The topological polar surface area (TPSA) is 62.7 Å². The maximum atomic E-state index is 4.47. The van der Waals surface area contributed by atoms with Crippen molar-refractivity contribution < 1.29 is 0 Å². The second-order valence-corrected chi connectivity index (χ2v) is 6.13. The third-order valence-electron chi connectivity index (χ3n) is 3.04. The quantitative estimate of drug-likeness (QED) is 0.897. The number of para-hydroxylation sites is 1. The Balaban J connectivity index is 2.26. The lowest BCUT2D eigenvalue weighted by Crippen LogP contribution is -2.27. The van der Waals surface area contributed by atoms with E-state index in [4.69, 9.17) is 0 Å². The van der Waals surface area contributed by atoms with Crippen LogP contribution in [0.4, 0.5) is 17.5 Å². The first kappa shape index (κ1) is 15.2. The minimum Gasteiger partial charge on any atom is -0.348 e. The summed E-state index contributed by atoms with van der Waals surface area (Å²) >= 11 is 0. The van der Waals surface area contributed by atoms with Crippen molar-refractivity contribution in [1.82, 2.24) is 15.2 Å². The maximum absolute atomic E-state index is 4.47. The summed E-state index contributed by atoms with van der Waals surface area (Å²) in [7, 11) is 0. The molecule has 2 aromatic rings. The van der Waals surface area contributed by atoms with Crippen LogP contribution < -0.4 is 10.6 Å². The van der Waals surface area contributed by atoms with Gasteiger partial charge in [-0.2, -0.15) is 10.1 Å². The van der Waals surface area contributed by atoms with E-state index in [9.17, 15) is 0 Å². The predicted octanol–water partition coefficient (Wildman–Crippen LogP) is 3.70. The first-order valence-electron chi connectivity index (χ1n) is 7.22. The molecule has 0 fully saturated rings. The molecule has 0 aliphatic heterocycles. The number of hydrogen-bond donors (Lipinski definition) is 2. The Kier molecular flexibility index (Phi) is 4.40. The molecule has 0 saturated carbocycles. The van der Waals surface area contributed by atoms with Gasteiger partial charge in [0.15, 0.2) is 5.82 Å². The molecular weight excluding hydrogens is 262 g/mol. The highest BCUT2D eigenvalue weighted by atomic mass is 15.3. The third kappa shape index (κ3) is 4.15. The minimum absolute atomic E-state index is 0.0997. The van der Waals surface area contributed by atoms with Crippen molar-refractivity contribution >= 4 is 17.5 Å². The number of rotatable bonds is 4. The zero-order chi connectivity index (χ0) is 15.5. The molecule has 2 N–H and O–H groups in total. The lowest BCUT2D eigenvalue weighted by atomic mass is 10.1. The van der Waals surface area contributed by atoms with Crippen LogP contribution in [-0.2, 0) is 6.42 Å². The van der Waals surface area contributed by atoms with Crippen molar-refractivity contribution in [3.63, 3.8) is 0 Å². The number of benzene rings is 1. The van der Waals surface area contributed by atoms with Crippen molar-refractivity contribution in [2.24, 2.45) is 0 Å². The summed E-state index contributed by atoms with van der Waals surface area (Å²) in [5.41, 5.74) is 3.46. The molecule has 5 heteroatoms. The molecule has 2 rings (SSSR count). The molecule has 0 unspecified atom stereocenters. The second-order valence-electron chi connectivity index (χ2n) is 6.13. The first-order chi connectivity index (χ1) is 9.89. The van der Waals surface area contributed by atoms with Crippen LogP contribution in [0.1, 0.15) is 38.8 Å². The molecular formula is C16H23N5. The highest BCUT2D eigenvalue weighted by Crippen LogP contribution is 2.24. The van der Waals surface area contributed by atoms with Gasteiger partial charge in [-0.3, -0.25) is 0 Å². The van der Waals surface area contributed by atoms with E-state index in [1.54, 1.807) is 6.20 Å². The van der Waals surface area contributed by atoms with Crippen LogP contribution in [0.15, 0.2) is 24.4 Å². The standard InChI is InChI=1S/C16H23N5/c1-6-12-9-7-8-11(2)14(12)18-13-10-17-21-15(19-13)20-16(3,4)5/h7-10H,6H2,1-5H3,(H2,18,19,20,21). The van der Waals surface area contributed by atoms with Gasteiger partial charge in [-0.25, -0.2) is 0 Å². The van der Waals surface area contributed by atoms with E-state index in [-0.39, 0.29) is 5.54 Å². The molecule has 0 radical (unpaired) electrons. The lowest BCUT2D eigenvalue weighted by Gasteiger charge is -2.20. The summed E-state index contributed by atoms with van der Waals surface area (Å²) in [5.74, 6) is 1.22. The molecule has 0 atom stereocenters. The maximum Gasteiger partial charge on any atom is 0.245 e. The fourth-order valence-electron chi connectivity index (χ4n) is 2.08. The molecule has 1 heterocycles. The summed E-state index contributed by atoms with van der Waals surface area (Å²) < 4.78 is 0. The van der Waals surface area contributed by atoms with Gasteiger partial charge in [0.1, 0.15) is 0 Å². The van der Waals surface area contributed by atoms with Gasteiger partial charge in [-0.05, 0) is 45.2 Å². The van der Waals surface area contributed by atoms with Crippen LogP contribution in [0.2, 0.25) is 0 Å². The van der Waals surface area contributed by atoms with E-state index < -0.39 is 0 Å². The number of hydrogen-bond acceptors (Lipinski definition) is 5. The SMILES string of the molecule is CCc1cccc(C)c1Nc1cnnc(NC(C)(C)C)n1. The molecule has 0 aliphatic carbocycles. The van der Waals surface area contributed by atoms with Gasteiger partial charge in [0.2, 0.25) is 5.95 Å². The molecule has 0 amide bonds. The van der Waals surface area contributed by atoms with Crippen LogP contribution in [-0.4, -0.2) is 20.7 Å². The molecule has 0 bridgehead atoms. The van der Waals surface area contributed by atoms with Gasteiger partial charge >= 0.3 is 0 Å². The molecule has 112 valence electrons. The van der Waals surface area contributed by atoms with Crippen molar-refractivity contribution in [2.75, 3.05) is 10.6 Å². The van der Waals surface area contributed by atoms with Crippen LogP contribution in [0.25, 0.3) is 0 Å². The van der Waals surface area contributed by atoms with E-state index in [0.717, 1.165) is 12.1 Å². The normalized spacial score (nSPS) is 11.3. The summed E-state index contributed by atoms with van der Waals surface area (Å²) in [6.07, 6.45) is 2.61. The van der Waals surface area contributed by atoms with E-state index in [2.05, 4.69) is 78.6 Å². The summed E-state index contributed by atoms with van der Waals surface area (Å²) in [6.45, 7) is 10.4. The molecule has 1 aromatic heterocycles. The number of nitrogens with one attached hydrogen (secondary N) is 2. The molecule has 0 saturated heterocycles. The van der Waals surface area contributed by atoms with Gasteiger partial charge in [-0.15, -0.1) is 5.10 Å². The lowest BCUT2D eigenvalue weighted by molar-refractivity contribution is 0.623. The summed E-state index contributed by atoms with van der Waals surface area (Å²) in [6, 6.07) is 6.28. The smallest absolute Gasteiger partial charge is 0.245 e. The Morgan fingerprint density at radius 2 is 1.95 bits per heavy atom. The van der Waals surface area contributed by atoms with Gasteiger partial charge in [0.05, 0.1) is 6.20 Å². The summed E-state index contributed by atoms with van der Waals surface area (Å²) in [4.78, 5) is 4.47. The zero-order valence-electron chi connectivity index (χ0n) is 13.4. The monoisotopic (exact) mass is 285 g/mol. The van der Waals surface area contributed by atoms with Crippen molar-refractivity contribution in [2.45, 2.75) is 46.6 Å². The highest BCUT2D eigenvalue weighted by Gasteiger charge is 2.12. The molecule has 21 heavy (non-hydrogen) atoms. The number of aromatic nitrogens is 3. The van der Waals surface area contributed by atoms with Crippen LogP contribution in [0.3, 0.4) is 0 Å². The Hall–Kier alpha value is -2.17. The van der Waals surface area contributed by atoms with Gasteiger partial charge in [0, 0.05) is 11.2 Å². The summed E-state index contributed by atoms with van der Waals surface area (Å²) in [5, 5.41) is 14.6. The number of aryl methyl sites for hydroxylation is 2. The van der Waals surface area contributed by atoms with Crippen molar-refractivity contribution in [3.8, 4) is 0 Å². The highest BCUT2D eigenvalue weighted by molar-refractivity contribution is 5.64. The van der Waals surface area contributed by atoms with Crippen molar-refractivity contribution in [1.29, 1.82) is 0 Å². The van der Waals surface area contributed by atoms with E-state index in [1.165, 1.54) is 11.1 Å². The first-order valence-corrected chi connectivity index (χ1v) is 7.22. The average Bonchev–Trinajstić information content (AvgIpc) is 2.39. The number of nitrogens with zero attached hydrogens (tertiary/aromatic N) is 3. The molecule has 1 aromatic carbocycles. The van der Waals surface area contributed by atoms with E-state index in [1.807, 2.05) is 0 Å². The van der Waals surface area contributed by atoms with E-state index in [0.29, 0.717) is 11.8 Å². The Labute approximate surface area is 126 Å². The molecule has 0 spiro atoms. The third-order valence-corrected chi connectivity index (χ3v) is 3.04. The predicted molar refractivity (Wildman–Crippen MR) is 87.0 cm³/mol. The van der Waals surface area contributed by atoms with E-state index >= 15 is 0 Å². The fourth-order valence-corrected chi connectivity index (χ4v) is 2.08. The van der Waals surface area contributed by atoms with Gasteiger partial charge in [0.25, 0.3) is 0 Å². The van der Waals surface area contributed by atoms with Gasteiger partial charge < -0.3 is 10.6 Å². The number of anilines is 3. The average molecular weight is 285 g/mol. The van der Waals surface area contributed by atoms with Gasteiger partial charge in [-0.1, -0.05) is 25.1 Å². The molecule has 5 nitrogen and oxygen atoms in total. The Morgan fingerprint density at radius 3 is 2.62 bits per heavy atom. The Bertz CT molecular complexity index is 616.